The molecule has 0 saturated heterocycles. The highest BCUT2D eigenvalue weighted by Gasteiger charge is 2.21. The molecule has 0 saturated carbocycles. The maximum atomic E-state index is 12.7. The number of methoxy groups -OCH3 is 1. The van der Waals surface area contributed by atoms with Crippen LogP contribution in [0.5, 0.6) is 5.75 Å². The number of nitrogens with one attached hydrogen (secondary N) is 2. The van der Waals surface area contributed by atoms with Crippen molar-refractivity contribution < 1.29 is 13.2 Å². The Bertz CT molecular complexity index is 1110. The van der Waals surface area contributed by atoms with E-state index in [0.717, 1.165) is 5.56 Å². The molecule has 0 amide bonds. The molecule has 0 aliphatic heterocycles. The lowest BCUT2D eigenvalue weighted by Crippen LogP contribution is -2.17. The first kappa shape index (κ1) is 19.9. The molecule has 1 heterocycles. The number of aromatic nitrogens is 1. The maximum absolute atomic E-state index is 12.7. The minimum absolute atomic E-state index is 0.00565. The Labute approximate surface area is 168 Å². The molecule has 144 valence electrons. The van der Waals surface area contributed by atoms with Crippen LogP contribution in [0.1, 0.15) is 16.7 Å². The van der Waals surface area contributed by atoms with Crippen molar-refractivity contribution in [3.63, 3.8) is 0 Å². The highest BCUT2D eigenvalue weighted by atomic mass is 35.5. The molecule has 0 bridgehead atoms. The summed E-state index contributed by atoms with van der Waals surface area (Å²) in [6, 6.07) is 14.8. The van der Waals surface area contributed by atoms with Gasteiger partial charge < -0.3 is 4.74 Å². The topological polar surface area (TPSA) is 92.1 Å². The van der Waals surface area contributed by atoms with Crippen molar-refractivity contribution in [2.45, 2.75) is 11.8 Å². The Kier molecular flexibility index (Phi) is 5.67. The SMILES string of the molecule is COc1ccc(C(=N)c2c(Cl)ccnc2NS(=O)(=O)c2ccc(C)cc2)cc1. The average Bonchev–Trinajstić information content (AvgIpc) is 2.68. The summed E-state index contributed by atoms with van der Waals surface area (Å²) in [6.45, 7) is 1.87. The third-order valence-electron chi connectivity index (χ3n) is 4.09. The molecule has 0 aliphatic rings. The van der Waals surface area contributed by atoms with E-state index in [2.05, 4.69) is 9.71 Å². The van der Waals surface area contributed by atoms with Gasteiger partial charge in [0.1, 0.15) is 5.75 Å². The van der Waals surface area contributed by atoms with Gasteiger partial charge in [-0.15, -0.1) is 0 Å². The summed E-state index contributed by atoms with van der Waals surface area (Å²) in [5.74, 6) is 0.642. The molecule has 0 atom stereocenters. The van der Waals surface area contributed by atoms with E-state index < -0.39 is 10.0 Å². The van der Waals surface area contributed by atoms with Crippen molar-refractivity contribution in [1.82, 2.24) is 4.98 Å². The van der Waals surface area contributed by atoms with Crippen LogP contribution in [0, 0.1) is 12.3 Å². The van der Waals surface area contributed by atoms with E-state index in [1.165, 1.54) is 24.4 Å². The Balaban J connectivity index is 2.00. The standard InChI is InChI=1S/C20H18ClN3O3S/c1-13-3-9-16(10-4-13)28(25,26)24-20-18(17(21)11-12-23-20)19(22)14-5-7-15(27-2)8-6-14/h3-12,22H,1-2H3,(H,23,24). The second-order valence-electron chi connectivity index (χ2n) is 6.04. The van der Waals surface area contributed by atoms with Gasteiger partial charge in [-0.05, 0) is 49.4 Å². The van der Waals surface area contributed by atoms with Crippen molar-refractivity contribution in [1.29, 1.82) is 5.41 Å². The van der Waals surface area contributed by atoms with E-state index in [-0.39, 0.29) is 27.0 Å². The van der Waals surface area contributed by atoms with Crippen LogP contribution < -0.4 is 9.46 Å². The van der Waals surface area contributed by atoms with Crippen molar-refractivity contribution >= 4 is 33.2 Å². The number of pyridine rings is 1. The lowest BCUT2D eigenvalue weighted by molar-refractivity contribution is 0.415. The zero-order chi connectivity index (χ0) is 20.3. The molecule has 6 nitrogen and oxygen atoms in total. The minimum Gasteiger partial charge on any atom is -0.497 e. The number of sulfonamides is 1. The molecular weight excluding hydrogens is 398 g/mol. The largest absolute Gasteiger partial charge is 0.497 e. The van der Waals surface area contributed by atoms with Crippen molar-refractivity contribution in [2.75, 3.05) is 11.8 Å². The van der Waals surface area contributed by atoms with Crippen LogP contribution in [-0.4, -0.2) is 26.2 Å². The molecule has 3 rings (SSSR count). The lowest BCUT2D eigenvalue weighted by Gasteiger charge is -2.14. The predicted molar refractivity (Wildman–Crippen MR) is 110 cm³/mol. The Morgan fingerprint density at radius 1 is 1.07 bits per heavy atom. The Morgan fingerprint density at radius 2 is 1.71 bits per heavy atom. The van der Waals surface area contributed by atoms with E-state index in [4.69, 9.17) is 21.7 Å². The van der Waals surface area contributed by atoms with Gasteiger partial charge in [0, 0.05) is 11.8 Å². The van der Waals surface area contributed by atoms with E-state index >= 15 is 0 Å². The number of rotatable bonds is 6. The van der Waals surface area contributed by atoms with Crippen LogP contribution in [0.15, 0.2) is 65.7 Å². The molecule has 0 unspecified atom stereocenters. The molecule has 0 fully saturated rings. The number of halogens is 1. The van der Waals surface area contributed by atoms with Gasteiger partial charge in [-0.2, -0.15) is 0 Å². The van der Waals surface area contributed by atoms with E-state index in [9.17, 15) is 8.42 Å². The summed E-state index contributed by atoms with van der Waals surface area (Å²) in [5, 5.41) is 8.74. The van der Waals surface area contributed by atoms with E-state index in [1.807, 2.05) is 6.92 Å². The normalized spacial score (nSPS) is 11.1. The molecule has 28 heavy (non-hydrogen) atoms. The first-order chi connectivity index (χ1) is 13.3. The summed E-state index contributed by atoms with van der Waals surface area (Å²) in [7, 11) is -2.33. The van der Waals surface area contributed by atoms with Crippen molar-refractivity contribution in [3.8, 4) is 5.75 Å². The summed E-state index contributed by atoms with van der Waals surface area (Å²) in [5.41, 5.74) is 1.74. The summed E-state index contributed by atoms with van der Waals surface area (Å²) < 4.78 is 33.0. The molecule has 3 aromatic rings. The quantitative estimate of drug-likeness (QED) is 0.588. The number of anilines is 1. The van der Waals surface area contributed by atoms with Gasteiger partial charge >= 0.3 is 0 Å². The molecule has 2 aromatic carbocycles. The fourth-order valence-corrected chi connectivity index (χ4v) is 3.82. The van der Waals surface area contributed by atoms with Gasteiger partial charge in [0.15, 0.2) is 5.82 Å². The van der Waals surface area contributed by atoms with E-state index in [1.54, 1.807) is 43.5 Å². The zero-order valence-corrected chi connectivity index (χ0v) is 16.8. The third-order valence-corrected chi connectivity index (χ3v) is 5.76. The molecule has 8 heteroatoms. The molecule has 0 spiro atoms. The number of aryl methyl sites for hydroxylation is 1. The number of nitrogens with zero attached hydrogens (tertiary/aromatic N) is 1. The number of hydrogen-bond acceptors (Lipinski definition) is 5. The van der Waals surface area contributed by atoms with Crippen LogP contribution in [0.25, 0.3) is 0 Å². The molecular formula is C20H18ClN3O3S. The molecule has 0 aliphatic carbocycles. The van der Waals surface area contributed by atoms with Crippen molar-refractivity contribution in [3.05, 3.63) is 82.5 Å². The van der Waals surface area contributed by atoms with Gasteiger partial charge in [-0.25, -0.2) is 13.4 Å². The second kappa shape index (κ2) is 8.00. The number of benzene rings is 2. The minimum atomic E-state index is -3.88. The highest BCUT2D eigenvalue weighted by Crippen LogP contribution is 2.28. The third kappa shape index (κ3) is 4.16. The highest BCUT2D eigenvalue weighted by molar-refractivity contribution is 7.92. The van der Waals surface area contributed by atoms with Crippen molar-refractivity contribution in [2.24, 2.45) is 0 Å². The second-order valence-corrected chi connectivity index (χ2v) is 8.13. The van der Waals surface area contributed by atoms with E-state index in [0.29, 0.717) is 11.3 Å². The smallest absolute Gasteiger partial charge is 0.263 e. The first-order valence-corrected chi connectivity index (χ1v) is 10.2. The van der Waals surface area contributed by atoms with Crippen LogP contribution >= 0.6 is 11.6 Å². The van der Waals surface area contributed by atoms with Gasteiger partial charge in [0.2, 0.25) is 0 Å². The monoisotopic (exact) mass is 415 g/mol. The van der Waals surface area contributed by atoms with Crippen LogP contribution in [0.2, 0.25) is 5.02 Å². The molecule has 1 aromatic heterocycles. The van der Waals surface area contributed by atoms with Crippen LogP contribution in [0.3, 0.4) is 0 Å². The summed E-state index contributed by atoms with van der Waals surface area (Å²) in [4.78, 5) is 4.21. The van der Waals surface area contributed by atoms with Crippen LogP contribution in [0.4, 0.5) is 5.82 Å². The zero-order valence-electron chi connectivity index (χ0n) is 15.2. The van der Waals surface area contributed by atoms with Gasteiger partial charge in [0.25, 0.3) is 10.0 Å². The maximum Gasteiger partial charge on any atom is 0.263 e. The number of hydrogen-bond donors (Lipinski definition) is 2. The average molecular weight is 416 g/mol. The van der Waals surface area contributed by atoms with Gasteiger partial charge in [-0.3, -0.25) is 10.1 Å². The fourth-order valence-electron chi connectivity index (χ4n) is 2.56. The van der Waals surface area contributed by atoms with Crippen LogP contribution in [-0.2, 0) is 10.0 Å². The Morgan fingerprint density at radius 3 is 2.32 bits per heavy atom. The predicted octanol–water partition coefficient (Wildman–Crippen LogP) is 4.27. The fraction of sp³-hybridized carbons (Fsp3) is 0.100. The van der Waals surface area contributed by atoms with Gasteiger partial charge in [-0.1, -0.05) is 29.3 Å². The number of ether oxygens (including phenoxy) is 1. The molecule has 0 radical (unpaired) electrons. The first-order valence-electron chi connectivity index (χ1n) is 8.29. The Hall–Kier alpha value is -2.90. The lowest BCUT2D eigenvalue weighted by atomic mass is 10.0. The summed E-state index contributed by atoms with van der Waals surface area (Å²) in [6.07, 6.45) is 1.39. The summed E-state index contributed by atoms with van der Waals surface area (Å²) >= 11 is 6.29. The molecule has 2 N–H and O–H groups in total. The van der Waals surface area contributed by atoms with Gasteiger partial charge in [0.05, 0.1) is 28.3 Å².